The van der Waals surface area contributed by atoms with E-state index < -0.39 is 0 Å². The summed E-state index contributed by atoms with van der Waals surface area (Å²) in [5, 5.41) is 11.8. The molecule has 1 N–H and O–H groups in total. The van der Waals surface area contributed by atoms with Gasteiger partial charge in [-0.15, -0.1) is 5.10 Å². The molecule has 0 saturated carbocycles. The molecule has 0 amide bonds. The third-order valence-electron chi connectivity index (χ3n) is 2.98. The Hall–Kier alpha value is -1.02. The quantitative estimate of drug-likeness (QED) is 0.833. The minimum atomic E-state index is -0.165. The van der Waals surface area contributed by atoms with Gasteiger partial charge in [-0.2, -0.15) is 5.10 Å². The molecule has 0 saturated heterocycles. The van der Waals surface area contributed by atoms with Gasteiger partial charge in [-0.05, 0) is 43.6 Å². The predicted molar refractivity (Wildman–Crippen MR) is 83.1 cm³/mol. The fraction of sp³-hybridized carbons (Fsp3) is 0.583. The van der Waals surface area contributed by atoms with Crippen molar-refractivity contribution in [3.8, 4) is 0 Å². The maximum Gasteiger partial charge on any atom is 0.344 e. The number of hydrogen-bond donors (Lipinski definition) is 1. The van der Waals surface area contributed by atoms with Crippen LogP contribution >= 0.6 is 27.7 Å². The van der Waals surface area contributed by atoms with Crippen LogP contribution in [0, 0.1) is 6.92 Å². The third kappa shape index (κ3) is 2.85. The van der Waals surface area contributed by atoms with Gasteiger partial charge in [0.15, 0.2) is 5.16 Å². The topological polar surface area (TPSA) is 68.5 Å². The summed E-state index contributed by atoms with van der Waals surface area (Å²) in [6.07, 6.45) is 0. The van der Waals surface area contributed by atoms with Crippen molar-refractivity contribution in [2.75, 3.05) is 0 Å². The monoisotopic (exact) mass is 359 g/mol. The predicted octanol–water partition coefficient (Wildman–Crippen LogP) is 2.73. The molecule has 0 unspecified atom stereocenters. The molecule has 20 heavy (non-hydrogen) atoms. The molecule has 8 heteroatoms. The minimum absolute atomic E-state index is 0.0880. The van der Waals surface area contributed by atoms with Gasteiger partial charge in [-0.25, -0.2) is 9.89 Å². The molecular formula is C12H18BrN5OS. The van der Waals surface area contributed by atoms with Crippen LogP contribution in [0.15, 0.2) is 14.4 Å². The number of hydrogen-bond acceptors (Lipinski definition) is 4. The normalized spacial score (nSPS) is 11.5. The molecule has 110 valence electrons. The van der Waals surface area contributed by atoms with Crippen molar-refractivity contribution < 1.29 is 0 Å². The van der Waals surface area contributed by atoms with Crippen molar-refractivity contribution in [2.45, 2.75) is 51.2 Å². The minimum Gasteiger partial charge on any atom is -0.268 e. The molecule has 0 aliphatic rings. The van der Waals surface area contributed by atoms with E-state index >= 15 is 0 Å². The van der Waals surface area contributed by atoms with Gasteiger partial charge in [0.1, 0.15) is 0 Å². The van der Waals surface area contributed by atoms with E-state index in [9.17, 15) is 4.79 Å². The molecule has 0 bridgehead atoms. The number of halogens is 1. The Morgan fingerprint density at radius 2 is 2.15 bits per heavy atom. The average Bonchev–Trinajstić information content (AvgIpc) is 2.89. The summed E-state index contributed by atoms with van der Waals surface area (Å²) in [4.78, 5) is 11.7. The Balaban J connectivity index is 2.24. The van der Waals surface area contributed by atoms with E-state index in [4.69, 9.17) is 0 Å². The zero-order valence-electron chi connectivity index (χ0n) is 12.0. The maximum atomic E-state index is 11.7. The fourth-order valence-corrected chi connectivity index (χ4v) is 3.70. The second-order valence-electron chi connectivity index (χ2n) is 4.73. The molecule has 2 aromatic rings. The smallest absolute Gasteiger partial charge is 0.268 e. The molecule has 0 aromatic carbocycles. The Bertz CT molecular complexity index is 657. The van der Waals surface area contributed by atoms with Crippen molar-refractivity contribution in [2.24, 2.45) is 0 Å². The van der Waals surface area contributed by atoms with Gasteiger partial charge >= 0.3 is 5.69 Å². The SMILES string of the molecule is CCn1nc(C)c(Br)c1CSc1n[nH]c(=O)n1C(C)C. The summed E-state index contributed by atoms with van der Waals surface area (Å²) in [5.41, 5.74) is 1.92. The Morgan fingerprint density at radius 1 is 1.45 bits per heavy atom. The van der Waals surface area contributed by atoms with Crippen molar-refractivity contribution in [3.63, 3.8) is 0 Å². The number of nitrogens with zero attached hydrogens (tertiary/aromatic N) is 4. The summed E-state index contributed by atoms with van der Waals surface area (Å²) in [6.45, 7) is 8.79. The summed E-state index contributed by atoms with van der Waals surface area (Å²) >= 11 is 5.11. The van der Waals surface area contributed by atoms with Crippen LogP contribution in [0.5, 0.6) is 0 Å². The van der Waals surface area contributed by atoms with Gasteiger partial charge in [0.2, 0.25) is 0 Å². The second-order valence-corrected chi connectivity index (χ2v) is 6.46. The third-order valence-corrected chi connectivity index (χ3v) is 4.97. The lowest BCUT2D eigenvalue weighted by Gasteiger charge is -2.09. The average molecular weight is 360 g/mol. The van der Waals surface area contributed by atoms with Gasteiger partial charge < -0.3 is 0 Å². The molecule has 0 aliphatic carbocycles. The van der Waals surface area contributed by atoms with E-state index in [1.54, 1.807) is 4.57 Å². The lowest BCUT2D eigenvalue weighted by Crippen LogP contribution is -2.19. The second kappa shape index (κ2) is 6.17. The first-order valence-electron chi connectivity index (χ1n) is 6.47. The van der Waals surface area contributed by atoms with E-state index in [1.165, 1.54) is 11.8 Å². The van der Waals surface area contributed by atoms with Gasteiger partial charge in [0, 0.05) is 18.3 Å². The van der Waals surface area contributed by atoms with Gasteiger partial charge in [-0.1, -0.05) is 11.8 Å². The van der Waals surface area contributed by atoms with E-state index in [0.717, 1.165) is 22.4 Å². The summed E-state index contributed by atoms with van der Waals surface area (Å²) in [5.74, 6) is 0.715. The largest absolute Gasteiger partial charge is 0.344 e. The summed E-state index contributed by atoms with van der Waals surface area (Å²) < 4.78 is 4.66. The van der Waals surface area contributed by atoms with Crippen molar-refractivity contribution in [1.82, 2.24) is 24.5 Å². The first-order valence-corrected chi connectivity index (χ1v) is 8.25. The Kier molecular flexibility index (Phi) is 4.74. The highest BCUT2D eigenvalue weighted by Crippen LogP contribution is 2.28. The lowest BCUT2D eigenvalue weighted by atomic mass is 10.4. The van der Waals surface area contributed by atoms with Crippen LogP contribution in [0.3, 0.4) is 0 Å². The Labute approximate surface area is 130 Å². The first kappa shape index (κ1) is 15.4. The van der Waals surface area contributed by atoms with Crippen molar-refractivity contribution >= 4 is 27.7 Å². The number of H-pyrrole nitrogens is 1. The molecular weight excluding hydrogens is 342 g/mol. The number of rotatable bonds is 5. The summed E-state index contributed by atoms with van der Waals surface area (Å²) in [7, 11) is 0. The van der Waals surface area contributed by atoms with Crippen LogP contribution in [-0.2, 0) is 12.3 Å². The fourth-order valence-electron chi connectivity index (χ4n) is 1.99. The van der Waals surface area contributed by atoms with Gasteiger partial charge in [0.05, 0.1) is 15.9 Å². The highest BCUT2D eigenvalue weighted by Gasteiger charge is 2.16. The highest BCUT2D eigenvalue weighted by molar-refractivity contribution is 9.10. The van der Waals surface area contributed by atoms with Crippen LogP contribution in [0.25, 0.3) is 0 Å². The van der Waals surface area contributed by atoms with E-state index in [-0.39, 0.29) is 11.7 Å². The molecule has 2 heterocycles. The first-order chi connectivity index (χ1) is 9.45. The highest BCUT2D eigenvalue weighted by atomic mass is 79.9. The van der Waals surface area contributed by atoms with Crippen molar-refractivity contribution in [3.05, 3.63) is 26.3 Å². The zero-order chi connectivity index (χ0) is 14.9. The van der Waals surface area contributed by atoms with Gasteiger partial charge in [0.25, 0.3) is 0 Å². The van der Waals surface area contributed by atoms with Crippen LogP contribution in [-0.4, -0.2) is 24.5 Å². The van der Waals surface area contributed by atoms with Gasteiger partial charge in [-0.3, -0.25) is 9.25 Å². The molecule has 0 atom stereocenters. The molecule has 2 rings (SSSR count). The number of aryl methyl sites for hydroxylation is 2. The van der Waals surface area contributed by atoms with Crippen LogP contribution < -0.4 is 5.69 Å². The Morgan fingerprint density at radius 3 is 2.75 bits per heavy atom. The van der Waals surface area contributed by atoms with Crippen LogP contribution in [0.2, 0.25) is 0 Å². The number of aromatic amines is 1. The molecule has 6 nitrogen and oxygen atoms in total. The number of nitrogens with one attached hydrogen (secondary N) is 1. The molecule has 0 fully saturated rings. The van der Waals surface area contributed by atoms with Crippen molar-refractivity contribution in [1.29, 1.82) is 0 Å². The molecule has 0 aliphatic heterocycles. The van der Waals surface area contributed by atoms with E-state index in [2.05, 4.69) is 38.1 Å². The number of aromatic nitrogens is 5. The van der Waals surface area contributed by atoms with Crippen LogP contribution in [0.1, 0.15) is 38.2 Å². The molecule has 0 spiro atoms. The van der Waals surface area contributed by atoms with E-state index in [1.807, 2.05) is 25.5 Å². The van der Waals surface area contributed by atoms with Crippen LogP contribution in [0.4, 0.5) is 0 Å². The lowest BCUT2D eigenvalue weighted by molar-refractivity contribution is 0.533. The zero-order valence-corrected chi connectivity index (χ0v) is 14.4. The molecule has 2 aromatic heterocycles. The molecule has 0 radical (unpaired) electrons. The standard InChI is InChI=1S/C12H18BrN5OS/c1-5-17-9(10(13)8(4)16-17)6-20-12-15-14-11(19)18(12)7(2)3/h7H,5-6H2,1-4H3,(H,14,19). The maximum absolute atomic E-state index is 11.7. The number of thioether (sulfide) groups is 1. The van der Waals surface area contributed by atoms with E-state index in [0.29, 0.717) is 10.9 Å². The summed E-state index contributed by atoms with van der Waals surface area (Å²) in [6, 6.07) is 0.0880.